The standard InChI is InChI=1S/C30H28F6N4O5S/c1-28(2,3)45-26(42)38-8-9-44-21(15-38)16-39-25(41)24(46-27(39)43)11-17-4-7-23-19(10-17)13-37-40(23)14-18-5-6-20(29(31,32)33)12-22(18)30(34,35)36/h4-7,10-13,21H,8-9,14-16H2,1-3H3/t21-/m0/s1. The van der Waals surface area contributed by atoms with Crippen LogP contribution in [-0.4, -0.2) is 74.8 Å². The molecule has 3 aromatic rings. The van der Waals surface area contributed by atoms with Crippen LogP contribution in [0, 0.1) is 0 Å². The summed E-state index contributed by atoms with van der Waals surface area (Å²) in [4.78, 5) is 41.0. The van der Waals surface area contributed by atoms with Crippen molar-refractivity contribution in [2.75, 3.05) is 26.2 Å². The van der Waals surface area contributed by atoms with Gasteiger partial charge in [0.2, 0.25) is 0 Å². The highest BCUT2D eigenvalue weighted by molar-refractivity contribution is 8.18. The lowest BCUT2D eigenvalue weighted by molar-refractivity contribution is -0.143. The van der Waals surface area contributed by atoms with Gasteiger partial charge in [-0.3, -0.25) is 19.2 Å². The van der Waals surface area contributed by atoms with Crippen molar-refractivity contribution < 1.29 is 50.2 Å². The zero-order chi connectivity index (χ0) is 33.6. The number of ether oxygens (including phenoxy) is 2. The van der Waals surface area contributed by atoms with E-state index in [9.17, 15) is 40.7 Å². The number of amides is 3. The molecule has 2 aromatic carbocycles. The van der Waals surface area contributed by atoms with Crippen LogP contribution in [0.1, 0.15) is 43.0 Å². The minimum absolute atomic E-state index is 0.0724. The van der Waals surface area contributed by atoms with E-state index in [-0.39, 0.29) is 36.2 Å². The highest BCUT2D eigenvalue weighted by atomic mass is 32.2. The van der Waals surface area contributed by atoms with Crippen LogP contribution in [0.15, 0.2) is 47.5 Å². The van der Waals surface area contributed by atoms with Gasteiger partial charge in [-0.2, -0.15) is 31.4 Å². The van der Waals surface area contributed by atoms with Gasteiger partial charge < -0.3 is 14.4 Å². The molecule has 2 aliphatic rings. The molecule has 0 saturated carbocycles. The van der Waals surface area contributed by atoms with Gasteiger partial charge in [0.1, 0.15) is 5.60 Å². The molecule has 2 fully saturated rings. The number of fused-ring (bicyclic) bond motifs is 1. The second-order valence-corrected chi connectivity index (χ2v) is 12.7. The largest absolute Gasteiger partial charge is 0.444 e. The maximum Gasteiger partial charge on any atom is 0.416 e. The van der Waals surface area contributed by atoms with Gasteiger partial charge in [-0.1, -0.05) is 12.1 Å². The quantitative estimate of drug-likeness (QED) is 0.218. The fourth-order valence-electron chi connectivity index (χ4n) is 4.97. The number of thioether (sulfide) groups is 1. The number of hydrogen-bond acceptors (Lipinski definition) is 7. The first-order chi connectivity index (χ1) is 21.4. The Balaban J connectivity index is 1.30. The topological polar surface area (TPSA) is 94.0 Å². The van der Waals surface area contributed by atoms with E-state index in [1.807, 2.05) is 0 Å². The summed E-state index contributed by atoms with van der Waals surface area (Å²) in [5.41, 5.74) is -2.98. The van der Waals surface area contributed by atoms with Crippen molar-refractivity contribution in [1.29, 1.82) is 0 Å². The maximum absolute atomic E-state index is 13.6. The number of hydrogen-bond donors (Lipinski definition) is 0. The van der Waals surface area contributed by atoms with Crippen LogP contribution in [0.3, 0.4) is 0 Å². The highest BCUT2D eigenvalue weighted by Gasteiger charge is 2.40. The van der Waals surface area contributed by atoms with Crippen molar-refractivity contribution in [2.24, 2.45) is 0 Å². The van der Waals surface area contributed by atoms with Crippen LogP contribution in [0.5, 0.6) is 0 Å². The molecule has 9 nitrogen and oxygen atoms in total. The molecule has 246 valence electrons. The monoisotopic (exact) mass is 670 g/mol. The average molecular weight is 671 g/mol. The van der Waals surface area contributed by atoms with E-state index in [1.165, 1.54) is 21.9 Å². The second-order valence-electron chi connectivity index (χ2n) is 11.7. The zero-order valence-corrected chi connectivity index (χ0v) is 25.6. The average Bonchev–Trinajstić information content (AvgIpc) is 3.46. The van der Waals surface area contributed by atoms with Gasteiger partial charge in [-0.25, -0.2) is 4.79 Å². The van der Waals surface area contributed by atoms with E-state index < -0.39 is 59.0 Å². The first-order valence-corrected chi connectivity index (χ1v) is 14.8. The Hall–Kier alpha value is -4.05. The minimum Gasteiger partial charge on any atom is -0.444 e. The lowest BCUT2D eigenvalue weighted by Gasteiger charge is -2.35. The SMILES string of the molecule is CC(C)(C)OC(=O)N1CCO[C@H](CN2C(=O)SC(=Cc3ccc4c(cnn4Cc4ccc(C(F)(F)F)cc4C(F)(F)F)c3)C2=O)C1. The molecule has 3 heterocycles. The Morgan fingerprint density at radius 3 is 2.48 bits per heavy atom. The minimum atomic E-state index is -5.02. The molecule has 3 amide bonds. The van der Waals surface area contributed by atoms with Crippen molar-refractivity contribution in [3.05, 3.63) is 69.8 Å². The summed E-state index contributed by atoms with van der Waals surface area (Å²) in [7, 11) is 0. The number of imide groups is 1. The van der Waals surface area contributed by atoms with E-state index in [0.717, 1.165) is 22.7 Å². The first-order valence-electron chi connectivity index (χ1n) is 14.0. The molecule has 1 aromatic heterocycles. The van der Waals surface area contributed by atoms with Gasteiger partial charge in [-0.05, 0) is 74.0 Å². The Morgan fingerprint density at radius 1 is 1.07 bits per heavy atom. The molecule has 0 bridgehead atoms. The number of carbonyl (C=O) groups excluding carboxylic acids is 3. The van der Waals surface area contributed by atoms with Crippen molar-refractivity contribution in [2.45, 2.75) is 51.4 Å². The molecule has 1 atom stereocenters. The predicted molar refractivity (Wildman–Crippen MR) is 156 cm³/mol. The second kappa shape index (κ2) is 12.3. The first kappa shape index (κ1) is 33.3. The molecule has 0 unspecified atom stereocenters. The molecule has 16 heteroatoms. The molecule has 0 spiro atoms. The lowest BCUT2D eigenvalue weighted by Crippen LogP contribution is -2.51. The van der Waals surface area contributed by atoms with E-state index in [1.54, 1.807) is 39.0 Å². The third-order valence-corrected chi connectivity index (χ3v) is 7.98. The van der Waals surface area contributed by atoms with Crippen LogP contribution >= 0.6 is 11.8 Å². The fourth-order valence-corrected chi connectivity index (χ4v) is 5.82. The van der Waals surface area contributed by atoms with Crippen molar-refractivity contribution in [3.63, 3.8) is 0 Å². The number of morpholine rings is 1. The summed E-state index contributed by atoms with van der Waals surface area (Å²) in [5, 5.41) is 4.10. The normalized spacial score (nSPS) is 19.1. The summed E-state index contributed by atoms with van der Waals surface area (Å²) >= 11 is 0.730. The highest BCUT2D eigenvalue weighted by Crippen LogP contribution is 2.38. The number of alkyl halides is 6. The van der Waals surface area contributed by atoms with Gasteiger partial charge in [0.05, 0.1) is 60.1 Å². The smallest absolute Gasteiger partial charge is 0.416 e. The van der Waals surface area contributed by atoms with Gasteiger partial charge in [-0.15, -0.1) is 0 Å². The summed E-state index contributed by atoms with van der Waals surface area (Å²) < 4.78 is 92.4. The van der Waals surface area contributed by atoms with Crippen molar-refractivity contribution in [1.82, 2.24) is 19.6 Å². The van der Waals surface area contributed by atoms with Gasteiger partial charge in [0.25, 0.3) is 11.1 Å². The van der Waals surface area contributed by atoms with E-state index in [2.05, 4.69) is 5.10 Å². The van der Waals surface area contributed by atoms with Crippen molar-refractivity contribution in [3.8, 4) is 0 Å². The Labute approximate surface area is 263 Å². The molecule has 5 rings (SSSR count). The third kappa shape index (κ3) is 7.49. The summed E-state index contributed by atoms with van der Waals surface area (Å²) in [6.45, 7) is 5.37. The van der Waals surface area contributed by atoms with Crippen molar-refractivity contribution >= 4 is 46.0 Å². The number of rotatable bonds is 5. The molecule has 0 N–H and O–H groups in total. The van der Waals surface area contributed by atoms with E-state index in [4.69, 9.17) is 9.47 Å². The van der Waals surface area contributed by atoms with Gasteiger partial charge in [0, 0.05) is 11.9 Å². The number of aromatic nitrogens is 2. The third-order valence-electron chi connectivity index (χ3n) is 7.08. The Bertz CT molecular complexity index is 1710. The van der Waals surface area contributed by atoms with Crippen LogP contribution in [0.2, 0.25) is 0 Å². The van der Waals surface area contributed by atoms with Gasteiger partial charge in [0.15, 0.2) is 0 Å². The van der Waals surface area contributed by atoms with Crippen LogP contribution in [-0.2, 0) is 33.2 Å². The van der Waals surface area contributed by atoms with E-state index >= 15 is 0 Å². The van der Waals surface area contributed by atoms with Crippen LogP contribution in [0.25, 0.3) is 17.0 Å². The Morgan fingerprint density at radius 2 is 1.80 bits per heavy atom. The van der Waals surface area contributed by atoms with Gasteiger partial charge >= 0.3 is 18.4 Å². The summed E-state index contributed by atoms with van der Waals surface area (Å²) in [6.07, 6.45) is -8.21. The lowest BCUT2D eigenvalue weighted by atomic mass is 10.0. The molecule has 2 aliphatic heterocycles. The number of carbonyl (C=O) groups is 3. The predicted octanol–water partition coefficient (Wildman–Crippen LogP) is 6.79. The van der Waals surface area contributed by atoms with Crippen LogP contribution < -0.4 is 0 Å². The molecule has 0 aliphatic carbocycles. The summed E-state index contributed by atoms with van der Waals surface area (Å²) in [5.74, 6) is -0.550. The van der Waals surface area contributed by atoms with E-state index in [0.29, 0.717) is 29.1 Å². The number of nitrogens with zero attached hydrogens (tertiary/aromatic N) is 4. The fraction of sp³-hybridized carbons (Fsp3) is 0.400. The number of halogens is 6. The molecular weight excluding hydrogens is 642 g/mol. The molecule has 2 saturated heterocycles. The zero-order valence-electron chi connectivity index (χ0n) is 24.7. The maximum atomic E-state index is 13.6. The molecular formula is C30H28F6N4O5S. The Kier molecular flexibility index (Phi) is 8.90. The molecule has 0 radical (unpaired) electrons. The molecule has 46 heavy (non-hydrogen) atoms. The number of benzene rings is 2. The summed E-state index contributed by atoms with van der Waals surface area (Å²) in [6, 6.07) is 6.22. The van der Waals surface area contributed by atoms with Crippen LogP contribution in [0.4, 0.5) is 35.9 Å².